The van der Waals surface area contributed by atoms with Gasteiger partial charge in [-0.15, -0.1) is 22.9 Å². The lowest BCUT2D eigenvalue weighted by Crippen LogP contribution is -2.19. The molecule has 1 aliphatic carbocycles. The summed E-state index contributed by atoms with van der Waals surface area (Å²) in [5, 5.41) is 38.8. The van der Waals surface area contributed by atoms with Gasteiger partial charge >= 0.3 is 5.97 Å². The molecule has 164 valence electrons. The van der Waals surface area contributed by atoms with E-state index in [9.17, 15) is 20.1 Å². The molecule has 7 heteroatoms. The van der Waals surface area contributed by atoms with Gasteiger partial charge in [0.25, 0.3) is 0 Å². The van der Waals surface area contributed by atoms with Gasteiger partial charge in [-0.1, -0.05) is 25.0 Å². The maximum Gasteiger partial charge on any atom is 0.345 e. The summed E-state index contributed by atoms with van der Waals surface area (Å²) >= 11 is 7.79. The van der Waals surface area contributed by atoms with E-state index < -0.39 is 18.2 Å². The molecule has 6 atom stereocenters. The monoisotopic (exact) mass is 444 g/mol. The number of carbonyl (C=O) groups is 1. The van der Waals surface area contributed by atoms with Crippen LogP contribution in [0.25, 0.3) is 0 Å². The highest BCUT2D eigenvalue weighted by atomic mass is 35.5. The van der Waals surface area contributed by atoms with Crippen LogP contribution >= 0.6 is 22.9 Å². The van der Waals surface area contributed by atoms with Crippen molar-refractivity contribution in [2.24, 2.45) is 11.8 Å². The van der Waals surface area contributed by atoms with Gasteiger partial charge < -0.3 is 20.4 Å². The zero-order chi connectivity index (χ0) is 21.4. The summed E-state index contributed by atoms with van der Waals surface area (Å²) in [5.41, 5.74) is 0. The van der Waals surface area contributed by atoms with E-state index >= 15 is 0 Å². The molecule has 1 aliphatic rings. The topological polar surface area (TPSA) is 98.0 Å². The lowest BCUT2D eigenvalue weighted by Gasteiger charge is -2.21. The van der Waals surface area contributed by atoms with Crippen LogP contribution in [0.1, 0.15) is 66.4 Å². The summed E-state index contributed by atoms with van der Waals surface area (Å²) in [7, 11) is 0. The van der Waals surface area contributed by atoms with Crippen molar-refractivity contribution in [1.29, 1.82) is 0 Å². The van der Waals surface area contributed by atoms with Gasteiger partial charge in [0.05, 0.1) is 18.3 Å². The molecule has 29 heavy (non-hydrogen) atoms. The number of aliphatic hydroxyl groups excluding tert-OH is 3. The number of thiophene rings is 1. The van der Waals surface area contributed by atoms with Crippen molar-refractivity contribution < 1.29 is 25.2 Å². The average molecular weight is 445 g/mol. The average Bonchev–Trinajstić information content (AvgIpc) is 3.22. The van der Waals surface area contributed by atoms with Gasteiger partial charge in [-0.2, -0.15) is 0 Å². The van der Waals surface area contributed by atoms with Crippen LogP contribution in [-0.4, -0.2) is 50.1 Å². The Morgan fingerprint density at radius 1 is 1.28 bits per heavy atom. The maximum absolute atomic E-state index is 11.0. The van der Waals surface area contributed by atoms with E-state index in [0.717, 1.165) is 43.4 Å². The number of hydrogen-bond donors (Lipinski definition) is 4. The molecule has 0 aliphatic heterocycles. The predicted molar refractivity (Wildman–Crippen MR) is 117 cm³/mol. The fraction of sp³-hybridized carbons (Fsp3) is 0.682. The van der Waals surface area contributed by atoms with Gasteiger partial charge in [-0.3, -0.25) is 0 Å². The summed E-state index contributed by atoms with van der Waals surface area (Å²) in [6, 6.07) is 3.50. The zero-order valence-electron chi connectivity index (χ0n) is 16.9. The maximum atomic E-state index is 11.0. The molecule has 1 aromatic heterocycles. The second kappa shape index (κ2) is 12.1. The largest absolute Gasteiger partial charge is 0.477 e. The molecule has 0 aromatic carbocycles. The van der Waals surface area contributed by atoms with Gasteiger partial charge in [0.1, 0.15) is 4.88 Å². The van der Waals surface area contributed by atoms with E-state index in [0.29, 0.717) is 17.7 Å². The minimum absolute atomic E-state index is 0.0671. The number of rotatable bonds is 12. The van der Waals surface area contributed by atoms with Crippen molar-refractivity contribution in [1.82, 2.24) is 0 Å². The van der Waals surface area contributed by atoms with Gasteiger partial charge in [0.2, 0.25) is 0 Å². The summed E-state index contributed by atoms with van der Waals surface area (Å²) < 4.78 is 0. The third-order valence-electron chi connectivity index (χ3n) is 5.63. The predicted octanol–water partition coefficient (Wildman–Crippen LogP) is 4.23. The first-order chi connectivity index (χ1) is 13.8. The molecule has 0 unspecified atom stereocenters. The normalized spacial score (nSPS) is 26.8. The first kappa shape index (κ1) is 24.4. The number of hydrogen-bond acceptors (Lipinski definition) is 5. The van der Waals surface area contributed by atoms with Crippen LogP contribution in [-0.2, 0) is 6.42 Å². The summed E-state index contributed by atoms with van der Waals surface area (Å²) in [6.07, 6.45) is 8.55. The van der Waals surface area contributed by atoms with Gasteiger partial charge in [-0.05, 0) is 63.5 Å². The van der Waals surface area contributed by atoms with Crippen LogP contribution in [0.2, 0.25) is 0 Å². The highest BCUT2D eigenvalue weighted by molar-refractivity contribution is 7.13. The van der Waals surface area contributed by atoms with Crippen LogP contribution in [0, 0.1) is 11.8 Å². The minimum atomic E-state index is -0.893. The van der Waals surface area contributed by atoms with E-state index in [1.807, 2.05) is 12.1 Å². The standard InChI is InChI=1S/C22H33ClO5S/c1-14(24)5-2-3-6-15(25)9-11-18-17(19(23)13-20(18)26)8-4-7-16-10-12-21(29-16)22(27)28/h9-12,14-15,17-20,24-26H,2-8,13H2,1H3,(H,27,28)/t14-,15-,17-,18-,19-,20-/m1/s1. The molecule has 1 fully saturated rings. The SMILES string of the molecule is C[C@@H](O)CCCC[C@@H](O)C=C[C@@H]1[C@@H](CCCc2ccc(C(=O)O)s2)[C@H](Cl)C[C@H]1O. The van der Waals surface area contributed by atoms with Crippen molar-refractivity contribution in [3.8, 4) is 0 Å². The number of carboxylic acid groups (broad SMARTS) is 1. The summed E-state index contributed by atoms with van der Waals surface area (Å²) in [6.45, 7) is 1.77. The number of halogens is 1. The molecule has 0 amide bonds. The molecule has 4 N–H and O–H groups in total. The van der Waals surface area contributed by atoms with Gasteiger partial charge in [0.15, 0.2) is 0 Å². The molecule has 0 bridgehead atoms. The highest BCUT2D eigenvalue weighted by Crippen LogP contribution is 2.40. The Hall–Kier alpha value is -0.920. The molecule has 1 aromatic rings. The third-order valence-corrected chi connectivity index (χ3v) is 7.27. The zero-order valence-corrected chi connectivity index (χ0v) is 18.5. The number of aryl methyl sites for hydroxylation is 1. The first-order valence-corrected chi connectivity index (χ1v) is 11.7. The van der Waals surface area contributed by atoms with Crippen molar-refractivity contribution in [3.63, 3.8) is 0 Å². The second-order valence-electron chi connectivity index (χ2n) is 8.11. The number of unbranched alkanes of at least 4 members (excludes halogenated alkanes) is 1. The fourth-order valence-corrected chi connectivity index (χ4v) is 5.38. The van der Waals surface area contributed by atoms with E-state index in [1.54, 1.807) is 19.1 Å². The quantitative estimate of drug-likeness (QED) is 0.220. The van der Waals surface area contributed by atoms with Crippen molar-refractivity contribution in [2.45, 2.75) is 82.0 Å². The minimum Gasteiger partial charge on any atom is -0.477 e. The van der Waals surface area contributed by atoms with Crippen LogP contribution < -0.4 is 0 Å². The number of aliphatic hydroxyl groups is 3. The summed E-state index contributed by atoms with van der Waals surface area (Å²) in [5.74, 6) is -0.817. The molecular formula is C22H33ClO5S. The Morgan fingerprint density at radius 2 is 2.00 bits per heavy atom. The smallest absolute Gasteiger partial charge is 0.345 e. The van der Waals surface area contributed by atoms with Crippen molar-refractivity contribution in [2.75, 3.05) is 0 Å². The van der Waals surface area contributed by atoms with E-state index in [2.05, 4.69) is 0 Å². The van der Waals surface area contributed by atoms with Crippen LogP contribution in [0.15, 0.2) is 24.3 Å². The molecule has 1 heterocycles. The van der Waals surface area contributed by atoms with Gasteiger partial charge in [0, 0.05) is 16.2 Å². The molecule has 5 nitrogen and oxygen atoms in total. The Bertz CT molecular complexity index is 659. The fourth-order valence-electron chi connectivity index (χ4n) is 4.02. The molecule has 0 saturated heterocycles. The van der Waals surface area contributed by atoms with E-state index in [1.165, 1.54) is 11.3 Å². The lowest BCUT2D eigenvalue weighted by molar-refractivity contribution is 0.0702. The molecular weight excluding hydrogens is 412 g/mol. The summed E-state index contributed by atoms with van der Waals surface area (Å²) in [4.78, 5) is 12.4. The first-order valence-electron chi connectivity index (χ1n) is 10.5. The van der Waals surface area contributed by atoms with Crippen LogP contribution in [0.5, 0.6) is 0 Å². The Kier molecular flexibility index (Phi) is 10.1. The van der Waals surface area contributed by atoms with Crippen LogP contribution in [0.4, 0.5) is 0 Å². The van der Waals surface area contributed by atoms with E-state index in [4.69, 9.17) is 16.7 Å². The highest BCUT2D eigenvalue weighted by Gasteiger charge is 2.39. The van der Waals surface area contributed by atoms with E-state index in [-0.39, 0.29) is 23.3 Å². The molecule has 1 saturated carbocycles. The molecule has 0 radical (unpaired) electrons. The number of aromatic carboxylic acids is 1. The van der Waals surface area contributed by atoms with Crippen molar-refractivity contribution >= 4 is 28.9 Å². The Morgan fingerprint density at radius 3 is 2.66 bits per heavy atom. The second-order valence-corrected chi connectivity index (χ2v) is 9.84. The van der Waals surface area contributed by atoms with Gasteiger partial charge in [-0.25, -0.2) is 4.79 Å². The Balaban J connectivity index is 1.81. The van der Waals surface area contributed by atoms with Crippen molar-refractivity contribution in [3.05, 3.63) is 34.0 Å². The molecule has 2 rings (SSSR count). The number of alkyl halides is 1. The molecule has 0 spiro atoms. The number of carboxylic acids is 1. The third kappa shape index (κ3) is 8.02. The Labute approximate surface area is 182 Å². The van der Waals surface area contributed by atoms with Crippen LogP contribution in [0.3, 0.4) is 0 Å². The lowest BCUT2D eigenvalue weighted by atomic mass is 9.89.